The molecule has 4 atom stereocenters. The molecule has 9 nitrogen and oxygen atoms in total. The highest BCUT2D eigenvalue weighted by molar-refractivity contribution is 5.96. The molecule has 4 unspecified atom stereocenters. The lowest BCUT2D eigenvalue weighted by atomic mass is 9.77. The summed E-state index contributed by atoms with van der Waals surface area (Å²) in [6.45, 7) is 1.95. The summed E-state index contributed by atoms with van der Waals surface area (Å²) in [4.78, 5) is 27.6. The first-order valence-corrected chi connectivity index (χ1v) is 11.5. The zero-order valence-electron chi connectivity index (χ0n) is 19.0. The molecule has 0 spiro atoms. The molecule has 4 rings (SSSR count). The molecule has 33 heavy (non-hydrogen) atoms. The first kappa shape index (κ1) is 23.5. The second-order valence-corrected chi connectivity index (χ2v) is 8.86. The van der Waals surface area contributed by atoms with Gasteiger partial charge in [-0.25, -0.2) is 0 Å². The van der Waals surface area contributed by atoms with Crippen LogP contribution in [0.1, 0.15) is 43.2 Å². The van der Waals surface area contributed by atoms with Crippen LogP contribution >= 0.6 is 0 Å². The highest BCUT2D eigenvalue weighted by Crippen LogP contribution is 2.51. The van der Waals surface area contributed by atoms with Crippen molar-refractivity contribution in [2.75, 3.05) is 26.8 Å². The van der Waals surface area contributed by atoms with Crippen LogP contribution < -0.4 is 14.8 Å². The Balaban J connectivity index is 1.79. The summed E-state index contributed by atoms with van der Waals surface area (Å²) in [7, 11) is 1.49. The van der Waals surface area contributed by atoms with Gasteiger partial charge in [0, 0.05) is 30.6 Å². The highest BCUT2D eigenvalue weighted by atomic mass is 16.5. The molecule has 0 radical (unpaired) electrons. The van der Waals surface area contributed by atoms with Crippen molar-refractivity contribution < 1.29 is 34.4 Å². The molecular weight excluding hydrogens is 428 g/mol. The smallest absolute Gasteiger partial charge is 0.247 e. The van der Waals surface area contributed by atoms with Gasteiger partial charge < -0.3 is 35.0 Å². The Kier molecular flexibility index (Phi) is 6.92. The van der Waals surface area contributed by atoms with Crippen LogP contribution in [-0.2, 0) is 16.2 Å². The van der Waals surface area contributed by atoms with Gasteiger partial charge in [0.1, 0.15) is 12.2 Å². The summed E-state index contributed by atoms with van der Waals surface area (Å²) >= 11 is 0. The minimum absolute atomic E-state index is 0.0776. The molecule has 180 valence electrons. The van der Waals surface area contributed by atoms with E-state index in [4.69, 9.17) is 9.47 Å². The van der Waals surface area contributed by atoms with Crippen molar-refractivity contribution in [2.24, 2.45) is 5.92 Å². The molecule has 1 aromatic carbocycles. The maximum absolute atomic E-state index is 13.2. The Morgan fingerprint density at radius 1 is 1.27 bits per heavy atom. The zero-order chi connectivity index (χ0) is 23.7. The third-order valence-electron chi connectivity index (χ3n) is 6.63. The Bertz CT molecular complexity index is 943. The van der Waals surface area contributed by atoms with E-state index in [1.807, 2.05) is 0 Å². The molecule has 1 fully saturated rings. The molecule has 0 bridgehead atoms. The molecule has 0 aromatic heterocycles. The van der Waals surface area contributed by atoms with Crippen LogP contribution in [0.5, 0.6) is 11.5 Å². The van der Waals surface area contributed by atoms with Crippen LogP contribution in [0.4, 0.5) is 0 Å². The monoisotopic (exact) mass is 460 g/mol. The van der Waals surface area contributed by atoms with E-state index in [9.17, 15) is 24.9 Å². The second-order valence-electron chi connectivity index (χ2n) is 8.86. The summed E-state index contributed by atoms with van der Waals surface area (Å²) in [6, 6.07) is 2.70. The molecule has 1 aromatic rings. The Morgan fingerprint density at radius 3 is 2.64 bits per heavy atom. The number of benzene rings is 1. The van der Waals surface area contributed by atoms with Gasteiger partial charge in [-0.2, -0.15) is 0 Å². The largest absolute Gasteiger partial charge is 0.493 e. The normalized spacial score (nSPS) is 25.4. The van der Waals surface area contributed by atoms with Crippen LogP contribution in [0.15, 0.2) is 23.8 Å². The second kappa shape index (κ2) is 9.70. The van der Waals surface area contributed by atoms with E-state index >= 15 is 0 Å². The topological polar surface area (TPSA) is 129 Å². The number of hydrogen-bond donors (Lipinski definition) is 4. The van der Waals surface area contributed by atoms with Crippen molar-refractivity contribution in [3.8, 4) is 11.5 Å². The van der Waals surface area contributed by atoms with Crippen LogP contribution in [-0.4, -0.2) is 77.1 Å². The molecule has 2 aliphatic carbocycles. The maximum atomic E-state index is 13.2. The zero-order valence-corrected chi connectivity index (χ0v) is 19.0. The fourth-order valence-corrected chi connectivity index (χ4v) is 4.79. The molecule has 9 heteroatoms. The van der Waals surface area contributed by atoms with Gasteiger partial charge in [-0.1, -0.05) is 6.92 Å². The third-order valence-corrected chi connectivity index (χ3v) is 6.63. The average Bonchev–Trinajstić information content (AvgIpc) is 3.57. The molecule has 1 aliphatic heterocycles. The van der Waals surface area contributed by atoms with Crippen LogP contribution in [0.3, 0.4) is 0 Å². The van der Waals surface area contributed by atoms with Crippen molar-refractivity contribution in [1.29, 1.82) is 0 Å². The molecular formula is C24H32N2O7. The van der Waals surface area contributed by atoms with Gasteiger partial charge in [0.05, 0.1) is 32.3 Å². The van der Waals surface area contributed by atoms with Crippen molar-refractivity contribution >= 4 is 11.8 Å². The van der Waals surface area contributed by atoms with Crippen LogP contribution in [0, 0.1) is 5.92 Å². The summed E-state index contributed by atoms with van der Waals surface area (Å²) in [5, 5.41) is 33.0. The summed E-state index contributed by atoms with van der Waals surface area (Å²) < 4.78 is 11.6. The van der Waals surface area contributed by atoms with Crippen LogP contribution in [0.25, 0.3) is 0 Å². The number of aliphatic hydroxyl groups excluding tert-OH is 3. The van der Waals surface area contributed by atoms with Gasteiger partial charge in [0.2, 0.25) is 11.8 Å². The number of rotatable bonds is 9. The van der Waals surface area contributed by atoms with E-state index in [-0.39, 0.29) is 25.7 Å². The van der Waals surface area contributed by atoms with E-state index in [1.165, 1.54) is 7.11 Å². The van der Waals surface area contributed by atoms with Gasteiger partial charge in [-0.05, 0) is 42.5 Å². The molecule has 3 aliphatic rings. The first-order valence-electron chi connectivity index (χ1n) is 11.5. The Morgan fingerprint density at radius 2 is 2.03 bits per heavy atom. The standard InChI is InChI=1S/C24H32N2O7/c1-3-19(29)26(11-13-4-5-13)17-10-16(24(31)25-6-7-27)20-15-8-14(12-28)9-18(32-2)22(15)33-23(20)21(17)30/h8-10,13,17,20-21,23,27-28,30H,3-7,11-12H2,1-2H3,(H,25,31). The molecule has 1 saturated carbocycles. The number of nitrogens with zero attached hydrogens (tertiary/aromatic N) is 1. The third kappa shape index (κ3) is 4.45. The molecule has 4 N–H and O–H groups in total. The van der Waals surface area contributed by atoms with Crippen molar-refractivity contribution in [3.63, 3.8) is 0 Å². The summed E-state index contributed by atoms with van der Waals surface area (Å²) in [5.74, 6) is 0.136. The average molecular weight is 461 g/mol. The quantitative estimate of drug-likeness (QED) is 0.421. The Labute approximate surface area is 193 Å². The van der Waals surface area contributed by atoms with Gasteiger partial charge in [-0.3, -0.25) is 9.59 Å². The molecule has 1 heterocycles. The number of carbonyl (C=O) groups is 2. The maximum Gasteiger partial charge on any atom is 0.247 e. The first-order chi connectivity index (χ1) is 15.9. The minimum Gasteiger partial charge on any atom is -0.493 e. The fraction of sp³-hybridized carbons (Fsp3) is 0.583. The van der Waals surface area contributed by atoms with Gasteiger partial charge in [0.25, 0.3) is 0 Å². The summed E-state index contributed by atoms with van der Waals surface area (Å²) in [6.07, 6.45) is 2.18. The van der Waals surface area contributed by atoms with Gasteiger partial charge in [0.15, 0.2) is 11.5 Å². The van der Waals surface area contributed by atoms with E-state index in [2.05, 4.69) is 5.32 Å². The number of carbonyl (C=O) groups excluding carboxylic acids is 2. The lowest BCUT2D eigenvalue weighted by Crippen LogP contribution is -2.56. The number of amides is 2. The predicted molar refractivity (Wildman–Crippen MR) is 119 cm³/mol. The number of aliphatic hydroxyl groups is 3. The van der Waals surface area contributed by atoms with Crippen LogP contribution in [0.2, 0.25) is 0 Å². The number of nitrogens with one attached hydrogen (secondary N) is 1. The van der Waals surface area contributed by atoms with E-state index in [0.717, 1.165) is 12.8 Å². The van der Waals surface area contributed by atoms with Gasteiger partial charge >= 0.3 is 0 Å². The van der Waals surface area contributed by atoms with E-state index in [1.54, 1.807) is 30.0 Å². The predicted octanol–water partition coefficient (Wildman–Crippen LogP) is 0.459. The van der Waals surface area contributed by atoms with Crippen molar-refractivity contribution in [1.82, 2.24) is 10.2 Å². The number of fused-ring (bicyclic) bond motifs is 3. The number of methoxy groups -OCH3 is 1. The lowest BCUT2D eigenvalue weighted by Gasteiger charge is -2.40. The molecule has 2 amide bonds. The van der Waals surface area contributed by atoms with Gasteiger partial charge in [-0.15, -0.1) is 0 Å². The fourth-order valence-electron chi connectivity index (χ4n) is 4.79. The lowest BCUT2D eigenvalue weighted by molar-refractivity contribution is -0.137. The SMILES string of the molecule is CCC(=O)N(CC1CC1)C1C=C(C(=O)NCCO)C2c3cc(CO)cc(OC)c3OC2C1O. The number of ether oxygens (including phenoxy) is 2. The van der Waals surface area contributed by atoms with E-state index < -0.39 is 30.1 Å². The van der Waals surface area contributed by atoms with E-state index in [0.29, 0.717) is 47.1 Å². The summed E-state index contributed by atoms with van der Waals surface area (Å²) in [5.41, 5.74) is 1.60. The van der Waals surface area contributed by atoms with Crippen molar-refractivity contribution in [3.05, 3.63) is 34.9 Å². The highest BCUT2D eigenvalue weighted by Gasteiger charge is 2.51. The minimum atomic E-state index is -1.06. The number of hydrogen-bond acceptors (Lipinski definition) is 7. The van der Waals surface area contributed by atoms with Crippen molar-refractivity contribution in [2.45, 2.75) is 57.0 Å². The molecule has 0 saturated heterocycles. The Hall–Kier alpha value is -2.62.